The van der Waals surface area contributed by atoms with Crippen LogP contribution in [-0.2, 0) is 16.6 Å². The monoisotopic (exact) mass is 424 g/mol. The second kappa shape index (κ2) is 8.28. The van der Waals surface area contributed by atoms with Gasteiger partial charge in [0.05, 0.1) is 10.6 Å². The molecule has 1 N–H and O–H groups in total. The first kappa shape index (κ1) is 20.1. The third-order valence-electron chi connectivity index (χ3n) is 4.97. The molecule has 4 rings (SSSR count). The van der Waals surface area contributed by atoms with Crippen molar-refractivity contribution in [3.05, 3.63) is 95.8 Å². The Morgan fingerprint density at radius 1 is 0.933 bits per heavy atom. The van der Waals surface area contributed by atoms with Gasteiger partial charge in [0.1, 0.15) is 5.82 Å². The van der Waals surface area contributed by atoms with E-state index in [1.165, 1.54) is 42.5 Å². The minimum absolute atomic E-state index is 0.0386. The molecule has 154 valence electrons. The van der Waals surface area contributed by atoms with Gasteiger partial charge in [-0.3, -0.25) is 9.52 Å². The molecule has 1 fully saturated rings. The Morgan fingerprint density at radius 2 is 1.57 bits per heavy atom. The molecule has 0 bridgehead atoms. The first-order valence-corrected chi connectivity index (χ1v) is 11.1. The van der Waals surface area contributed by atoms with Crippen molar-refractivity contribution in [2.45, 2.75) is 30.3 Å². The van der Waals surface area contributed by atoms with E-state index in [2.05, 4.69) is 4.72 Å². The third-order valence-corrected chi connectivity index (χ3v) is 6.36. The molecule has 7 heteroatoms. The summed E-state index contributed by atoms with van der Waals surface area (Å²) in [6, 6.07) is 21.3. The fourth-order valence-electron chi connectivity index (χ4n) is 3.22. The lowest BCUT2D eigenvalue weighted by Crippen LogP contribution is -2.32. The average Bonchev–Trinajstić information content (AvgIpc) is 3.59. The largest absolute Gasteiger partial charge is 0.331 e. The summed E-state index contributed by atoms with van der Waals surface area (Å²) in [6.07, 6.45) is 1.94. The van der Waals surface area contributed by atoms with Gasteiger partial charge in [-0.15, -0.1) is 0 Å². The van der Waals surface area contributed by atoms with Crippen molar-refractivity contribution in [1.82, 2.24) is 4.90 Å². The number of para-hydroxylation sites is 1. The van der Waals surface area contributed by atoms with Crippen molar-refractivity contribution in [2.24, 2.45) is 0 Å². The van der Waals surface area contributed by atoms with Crippen LogP contribution in [0.15, 0.2) is 83.8 Å². The Hall–Kier alpha value is -3.19. The molecule has 0 aliphatic heterocycles. The summed E-state index contributed by atoms with van der Waals surface area (Å²) in [5, 5.41) is 0. The molecule has 5 nitrogen and oxygen atoms in total. The molecule has 0 atom stereocenters. The van der Waals surface area contributed by atoms with E-state index in [1.54, 1.807) is 6.07 Å². The zero-order chi connectivity index (χ0) is 21.1. The van der Waals surface area contributed by atoms with Crippen molar-refractivity contribution in [3.8, 4) is 0 Å². The summed E-state index contributed by atoms with van der Waals surface area (Å²) >= 11 is 0. The smallest absolute Gasteiger partial charge is 0.261 e. The van der Waals surface area contributed by atoms with Gasteiger partial charge in [-0.05, 0) is 54.8 Å². The van der Waals surface area contributed by atoms with Crippen LogP contribution in [0.5, 0.6) is 0 Å². The maximum absolute atomic E-state index is 13.8. The summed E-state index contributed by atoms with van der Waals surface area (Å²) in [5.41, 5.74) is 1.34. The van der Waals surface area contributed by atoms with Crippen LogP contribution in [0.25, 0.3) is 0 Å². The molecule has 30 heavy (non-hydrogen) atoms. The predicted octanol–water partition coefficient (Wildman–Crippen LogP) is 4.43. The molecule has 0 heterocycles. The number of sulfonamides is 1. The van der Waals surface area contributed by atoms with Crippen LogP contribution < -0.4 is 4.72 Å². The molecule has 0 saturated heterocycles. The van der Waals surface area contributed by atoms with Crippen LogP contribution in [0.1, 0.15) is 28.8 Å². The molecule has 1 saturated carbocycles. The van der Waals surface area contributed by atoms with E-state index < -0.39 is 15.8 Å². The second-order valence-electron chi connectivity index (χ2n) is 7.26. The number of nitrogens with one attached hydrogen (secondary N) is 1. The van der Waals surface area contributed by atoms with Gasteiger partial charge >= 0.3 is 0 Å². The summed E-state index contributed by atoms with van der Waals surface area (Å²) < 4.78 is 41.1. The first-order valence-electron chi connectivity index (χ1n) is 9.66. The van der Waals surface area contributed by atoms with Gasteiger partial charge in [0.2, 0.25) is 0 Å². The van der Waals surface area contributed by atoms with Crippen LogP contribution in [-0.4, -0.2) is 25.3 Å². The minimum atomic E-state index is -3.97. The normalized spacial score (nSPS) is 13.6. The highest BCUT2D eigenvalue weighted by atomic mass is 32.2. The number of benzene rings is 3. The van der Waals surface area contributed by atoms with E-state index in [9.17, 15) is 17.6 Å². The van der Waals surface area contributed by atoms with E-state index in [0.29, 0.717) is 12.1 Å². The average molecular weight is 424 g/mol. The second-order valence-corrected chi connectivity index (χ2v) is 8.94. The number of anilines is 1. The zero-order valence-corrected chi connectivity index (χ0v) is 17.0. The van der Waals surface area contributed by atoms with E-state index >= 15 is 0 Å². The lowest BCUT2D eigenvalue weighted by atomic mass is 10.1. The summed E-state index contributed by atoms with van der Waals surface area (Å²) in [6.45, 7) is 0.513. The Morgan fingerprint density at radius 3 is 2.20 bits per heavy atom. The SMILES string of the molecule is O=C(c1ccc(S(=O)(=O)Nc2ccccc2F)cc1)N(Cc1ccccc1)C1CC1. The predicted molar refractivity (Wildman–Crippen MR) is 113 cm³/mol. The number of hydrogen-bond acceptors (Lipinski definition) is 3. The highest BCUT2D eigenvalue weighted by molar-refractivity contribution is 7.92. The number of rotatable bonds is 7. The molecule has 1 aliphatic carbocycles. The first-order chi connectivity index (χ1) is 14.4. The molecule has 1 aliphatic rings. The lowest BCUT2D eigenvalue weighted by Gasteiger charge is -2.23. The van der Waals surface area contributed by atoms with Gasteiger partial charge in [-0.25, -0.2) is 12.8 Å². The highest BCUT2D eigenvalue weighted by Gasteiger charge is 2.33. The van der Waals surface area contributed by atoms with Gasteiger partial charge in [0.25, 0.3) is 15.9 Å². The molecule has 1 amide bonds. The molecule has 0 unspecified atom stereocenters. The summed E-state index contributed by atoms with van der Waals surface area (Å²) in [7, 11) is -3.97. The number of amides is 1. The van der Waals surface area contributed by atoms with Crippen LogP contribution in [0.4, 0.5) is 10.1 Å². The van der Waals surface area contributed by atoms with E-state index in [-0.39, 0.29) is 22.5 Å². The molecule has 3 aromatic carbocycles. The van der Waals surface area contributed by atoms with E-state index in [0.717, 1.165) is 18.4 Å². The highest BCUT2D eigenvalue weighted by Crippen LogP contribution is 2.30. The number of hydrogen-bond donors (Lipinski definition) is 1. The Labute approximate surface area is 175 Å². The Kier molecular flexibility index (Phi) is 5.55. The van der Waals surface area contributed by atoms with Crippen LogP contribution in [0.3, 0.4) is 0 Å². The Bertz CT molecular complexity index is 1140. The van der Waals surface area contributed by atoms with Crippen LogP contribution >= 0.6 is 0 Å². The molecule has 0 radical (unpaired) electrons. The standard InChI is InChI=1S/C23H21FN2O3S/c24-21-8-4-5-9-22(21)25-30(28,29)20-14-10-18(11-15-20)23(27)26(19-12-13-19)16-17-6-2-1-3-7-17/h1-11,14-15,19,25H,12-13,16H2. The fraction of sp³-hybridized carbons (Fsp3) is 0.174. The quantitative estimate of drug-likeness (QED) is 0.610. The van der Waals surface area contributed by atoms with Gasteiger partial charge in [0.15, 0.2) is 0 Å². The molecule has 0 aromatic heterocycles. The van der Waals surface area contributed by atoms with Gasteiger partial charge in [-0.2, -0.15) is 0 Å². The number of carbonyl (C=O) groups is 1. The maximum Gasteiger partial charge on any atom is 0.261 e. The van der Waals surface area contributed by atoms with Gasteiger partial charge in [-0.1, -0.05) is 42.5 Å². The fourth-order valence-corrected chi connectivity index (χ4v) is 4.29. The maximum atomic E-state index is 13.8. The topological polar surface area (TPSA) is 66.5 Å². The van der Waals surface area contributed by atoms with Crippen LogP contribution in [0.2, 0.25) is 0 Å². The summed E-state index contributed by atoms with van der Waals surface area (Å²) in [4.78, 5) is 14.8. The number of carbonyl (C=O) groups excluding carboxylic acids is 1. The number of halogens is 1. The van der Waals surface area contributed by atoms with Gasteiger partial charge in [0, 0.05) is 18.2 Å². The third kappa shape index (κ3) is 4.52. The van der Waals surface area contributed by atoms with Crippen molar-refractivity contribution in [3.63, 3.8) is 0 Å². The summed E-state index contributed by atoms with van der Waals surface area (Å²) in [5.74, 6) is -0.791. The lowest BCUT2D eigenvalue weighted by molar-refractivity contribution is 0.0730. The molecule has 0 spiro atoms. The van der Waals surface area contributed by atoms with E-state index in [1.807, 2.05) is 35.2 Å². The van der Waals surface area contributed by atoms with Gasteiger partial charge < -0.3 is 4.90 Å². The zero-order valence-electron chi connectivity index (χ0n) is 16.2. The van der Waals surface area contributed by atoms with E-state index in [4.69, 9.17) is 0 Å². The number of nitrogens with zero attached hydrogens (tertiary/aromatic N) is 1. The van der Waals surface area contributed by atoms with Crippen molar-refractivity contribution in [2.75, 3.05) is 4.72 Å². The molecule has 3 aromatic rings. The minimum Gasteiger partial charge on any atom is -0.331 e. The molecular formula is C23H21FN2O3S. The molecular weight excluding hydrogens is 403 g/mol. The van der Waals surface area contributed by atoms with Crippen LogP contribution in [0, 0.1) is 5.82 Å². The van der Waals surface area contributed by atoms with Crippen molar-refractivity contribution in [1.29, 1.82) is 0 Å². The Balaban J connectivity index is 1.52. The van der Waals surface area contributed by atoms with Crippen molar-refractivity contribution < 1.29 is 17.6 Å². The van der Waals surface area contributed by atoms with Crippen molar-refractivity contribution >= 4 is 21.6 Å².